The molecule has 0 saturated carbocycles. The number of hydrogen-bond donors (Lipinski definition) is 3. The van der Waals surface area contributed by atoms with Crippen LogP contribution in [0.4, 0.5) is 4.79 Å². The summed E-state index contributed by atoms with van der Waals surface area (Å²) in [7, 11) is 0. The van der Waals surface area contributed by atoms with Gasteiger partial charge in [-0.2, -0.15) is 12.6 Å². The van der Waals surface area contributed by atoms with E-state index in [-0.39, 0.29) is 36.6 Å². The zero-order chi connectivity index (χ0) is 16.8. The minimum Gasteiger partial charge on any atom is -0.445 e. The van der Waals surface area contributed by atoms with Crippen molar-refractivity contribution in [3.63, 3.8) is 0 Å². The van der Waals surface area contributed by atoms with E-state index in [4.69, 9.17) is 17.0 Å². The summed E-state index contributed by atoms with van der Waals surface area (Å²) in [6.45, 7) is 5.86. The first kappa shape index (κ1) is 18.4. The monoisotopic (exact) mass is 359 g/mol. The lowest BCUT2D eigenvalue weighted by molar-refractivity contribution is 0.108. The van der Waals surface area contributed by atoms with Crippen molar-refractivity contribution in [3.05, 3.63) is 12.7 Å². The number of aliphatic hydroxyl groups excluding tert-OH is 1. The van der Waals surface area contributed by atoms with Gasteiger partial charge in [0, 0.05) is 24.9 Å². The largest absolute Gasteiger partial charge is 0.445 e. The van der Waals surface area contributed by atoms with E-state index >= 15 is 0 Å². The number of nitrogens with one attached hydrogen (secondary N) is 1. The maximum absolute atomic E-state index is 12.1. The van der Waals surface area contributed by atoms with Crippen LogP contribution in [-0.4, -0.2) is 76.3 Å². The molecule has 2 heterocycles. The van der Waals surface area contributed by atoms with Crippen LogP contribution >= 0.6 is 24.8 Å². The van der Waals surface area contributed by atoms with E-state index in [1.54, 1.807) is 11.0 Å². The fourth-order valence-electron chi connectivity index (χ4n) is 3.12. The first-order valence-electron chi connectivity index (χ1n) is 7.94. The molecular formula is C15H25N3O3S2. The fraction of sp³-hybridized carbons (Fsp3) is 0.733. The lowest BCUT2D eigenvalue weighted by Crippen LogP contribution is -2.49. The fourth-order valence-corrected chi connectivity index (χ4v) is 3.86. The second-order valence-electron chi connectivity index (χ2n) is 5.92. The molecule has 0 bridgehead atoms. The molecule has 0 aromatic carbocycles. The predicted molar refractivity (Wildman–Crippen MR) is 96.8 cm³/mol. The highest BCUT2D eigenvalue weighted by Gasteiger charge is 2.35. The SMILES string of the molecule is C=CCOC(=O)N1C[C@@H](S)C[C@H]1CNC(=S)N1CCCC1CO. The number of aliphatic hydroxyl groups is 1. The molecule has 0 spiro atoms. The molecule has 2 saturated heterocycles. The maximum atomic E-state index is 12.1. The van der Waals surface area contributed by atoms with Crippen LogP contribution in [0.3, 0.4) is 0 Å². The molecule has 0 radical (unpaired) electrons. The smallest absolute Gasteiger partial charge is 0.410 e. The minimum absolute atomic E-state index is 0.00273. The highest BCUT2D eigenvalue weighted by atomic mass is 32.1. The Morgan fingerprint density at radius 1 is 1.48 bits per heavy atom. The molecule has 0 aromatic heterocycles. The third kappa shape index (κ3) is 4.74. The molecule has 2 fully saturated rings. The van der Waals surface area contributed by atoms with Crippen molar-refractivity contribution in [3.8, 4) is 0 Å². The van der Waals surface area contributed by atoms with Gasteiger partial charge in [0.1, 0.15) is 6.61 Å². The van der Waals surface area contributed by atoms with Gasteiger partial charge in [-0.3, -0.25) is 0 Å². The Hall–Kier alpha value is -0.990. The van der Waals surface area contributed by atoms with Crippen LogP contribution in [0.2, 0.25) is 0 Å². The van der Waals surface area contributed by atoms with Crippen LogP contribution in [0, 0.1) is 0 Å². The molecule has 6 nitrogen and oxygen atoms in total. The van der Waals surface area contributed by atoms with Crippen molar-refractivity contribution in [1.82, 2.24) is 15.1 Å². The van der Waals surface area contributed by atoms with Crippen LogP contribution in [-0.2, 0) is 4.74 Å². The van der Waals surface area contributed by atoms with Crippen molar-refractivity contribution in [2.45, 2.75) is 36.6 Å². The number of likely N-dealkylation sites (tertiary alicyclic amines) is 2. The number of thiocarbonyl (C=S) groups is 1. The summed E-state index contributed by atoms with van der Waals surface area (Å²) in [6.07, 6.45) is 4.01. The maximum Gasteiger partial charge on any atom is 0.410 e. The molecule has 23 heavy (non-hydrogen) atoms. The zero-order valence-electron chi connectivity index (χ0n) is 13.2. The molecule has 2 N–H and O–H groups in total. The third-order valence-corrected chi connectivity index (χ3v) is 5.04. The number of rotatable bonds is 5. The van der Waals surface area contributed by atoms with Crippen molar-refractivity contribution < 1.29 is 14.6 Å². The molecule has 130 valence electrons. The summed E-state index contributed by atoms with van der Waals surface area (Å²) < 4.78 is 5.13. The normalized spacial score (nSPS) is 27.1. The molecule has 3 atom stereocenters. The standard InChI is InChI=1S/C15H25N3O3S2/c1-2-6-21-15(20)18-9-13(22)7-12(18)8-16-14(23)17-5-3-4-11(17)10-19/h2,11-13,19,22H,1,3-10H2,(H,16,23)/t11?,12-,13-/m0/s1. The van der Waals surface area contributed by atoms with Crippen LogP contribution < -0.4 is 5.32 Å². The quantitative estimate of drug-likeness (QED) is 0.387. The van der Waals surface area contributed by atoms with E-state index in [0.29, 0.717) is 18.2 Å². The summed E-state index contributed by atoms with van der Waals surface area (Å²) in [5.41, 5.74) is 0. The van der Waals surface area contributed by atoms with Crippen LogP contribution in [0.5, 0.6) is 0 Å². The highest BCUT2D eigenvalue weighted by molar-refractivity contribution is 7.81. The lowest BCUT2D eigenvalue weighted by atomic mass is 10.2. The summed E-state index contributed by atoms with van der Waals surface area (Å²) in [5.74, 6) is 0. The van der Waals surface area contributed by atoms with Crippen LogP contribution in [0.1, 0.15) is 19.3 Å². The van der Waals surface area contributed by atoms with Gasteiger partial charge in [-0.1, -0.05) is 12.7 Å². The Balaban J connectivity index is 1.86. The van der Waals surface area contributed by atoms with Gasteiger partial charge in [-0.15, -0.1) is 0 Å². The van der Waals surface area contributed by atoms with E-state index < -0.39 is 0 Å². The van der Waals surface area contributed by atoms with Crippen molar-refractivity contribution in [2.24, 2.45) is 0 Å². The van der Waals surface area contributed by atoms with Gasteiger partial charge in [0.2, 0.25) is 0 Å². The molecular weight excluding hydrogens is 334 g/mol. The third-order valence-electron chi connectivity index (χ3n) is 4.29. The first-order chi connectivity index (χ1) is 11.1. The van der Waals surface area contributed by atoms with Crippen molar-refractivity contribution in [2.75, 3.05) is 32.8 Å². The number of ether oxygens (including phenoxy) is 1. The Morgan fingerprint density at radius 3 is 2.96 bits per heavy atom. The summed E-state index contributed by atoms with van der Waals surface area (Å²) in [5, 5.41) is 13.4. The summed E-state index contributed by atoms with van der Waals surface area (Å²) >= 11 is 9.92. The number of carbonyl (C=O) groups excluding carboxylic acids is 1. The zero-order valence-corrected chi connectivity index (χ0v) is 14.9. The van der Waals surface area contributed by atoms with E-state index in [9.17, 15) is 9.90 Å². The number of nitrogens with zero attached hydrogens (tertiary/aromatic N) is 2. The molecule has 8 heteroatoms. The Kier molecular flexibility index (Phi) is 6.98. The van der Waals surface area contributed by atoms with Gasteiger partial charge in [0.25, 0.3) is 0 Å². The molecule has 1 amide bonds. The Morgan fingerprint density at radius 2 is 2.26 bits per heavy atom. The second-order valence-corrected chi connectivity index (χ2v) is 7.04. The Bertz CT molecular complexity index is 450. The van der Waals surface area contributed by atoms with Crippen molar-refractivity contribution >= 4 is 36.1 Å². The van der Waals surface area contributed by atoms with Crippen LogP contribution in [0.25, 0.3) is 0 Å². The van der Waals surface area contributed by atoms with Crippen molar-refractivity contribution in [1.29, 1.82) is 0 Å². The minimum atomic E-state index is -0.339. The van der Waals surface area contributed by atoms with E-state index in [1.165, 1.54) is 0 Å². The second kappa shape index (κ2) is 8.75. The Labute approximate surface area is 148 Å². The summed E-state index contributed by atoms with van der Waals surface area (Å²) in [6, 6.07) is 0.104. The first-order valence-corrected chi connectivity index (χ1v) is 8.87. The average Bonchev–Trinajstić information content (AvgIpc) is 3.16. The highest BCUT2D eigenvalue weighted by Crippen LogP contribution is 2.23. The van der Waals surface area contributed by atoms with E-state index in [1.807, 2.05) is 4.90 Å². The number of hydrogen-bond acceptors (Lipinski definition) is 5. The molecule has 1 unspecified atom stereocenters. The summed E-state index contributed by atoms with van der Waals surface area (Å²) in [4.78, 5) is 15.8. The van der Waals surface area contributed by atoms with E-state index in [2.05, 4.69) is 24.5 Å². The molecule has 2 aliphatic heterocycles. The number of carbonyl (C=O) groups is 1. The lowest BCUT2D eigenvalue weighted by Gasteiger charge is -2.29. The predicted octanol–water partition coefficient (Wildman–Crippen LogP) is 1.01. The van der Waals surface area contributed by atoms with Gasteiger partial charge >= 0.3 is 6.09 Å². The van der Waals surface area contributed by atoms with Gasteiger partial charge in [0.15, 0.2) is 5.11 Å². The number of amides is 1. The number of thiol groups is 1. The molecule has 0 aromatic rings. The van der Waals surface area contributed by atoms with Gasteiger partial charge in [0.05, 0.1) is 18.7 Å². The molecule has 0 aliphatic carbocycles. The van der Waals surface area contributed by atoms with Gasteiger partial charge in [-0.25, -0.2) is 4.79 Å². The topological polar surface area (TPSA) is 65.0 Å². The average molecular weight is 360 g/mol. The molecule has 2 aliphatic rings. The molecule has 2 rings (SSSR count). The van der Waals surface area contributed by atoms with E-state index in [0.717, 1.165) is 25.8 Å². The van der Waals surface area contributed by atoms with Crippen LogP contribution in [0.15, 0.2) is 12.7 Å². The van der Waals surface area contributed by atoms with Gasteiger partial charge in [-0.05, 0) is 31.5 Å². The van der Waals surface area contributed by atoms with Gasteiger partial charge < -0.3 is 25.0 Å².